The quantitative estimate of drug-likeness (QED) is 0.828. The Morgan fingerprint density at radius 1 is 1.47 bits per heavy atom. The zero-order valence-electron chi connectivity index (χ0n) is 9.97. The summed E-state index contributed by atoms with van der Waals surface area (Å²) in [6.07, 6.45) is 0.171. The number of anilines is 1. The van der Waals surface area contributed by atoms with Crippen LogP contribution in [0.2, 0.25) is 0 Å². The van der Waals surface area contributed by atoms with Gasteiger partial charge < -0.3 is 15.3 Å². The number of nitrogens with zero attached hydrogens (tertiary/aromatic N) is 1. The third kappa shape index (κ3) is 2.77. The zero-order chi connectivity index (χ0) is 12.3. The Morgan fingerprint density at radius 3 is 2.82 bits per heavy atom. The van der Waals surface area contributed by atoms with Crippen LogP contribution in [0.3, 0.4) is 0 Å². The lowest BCUT2D eigenvalue weighted by atomic mass is 10.0. The van der Waals surface area contributed by atoms with Crippen LogP contribution in [0.25, 0.3) is 0 Å². The Hall–Kier alpha value is -1.55. The van der Waals surface area contributed by atoms with Crippen molar-refractivity contribution in [1.29, 1.82) is 0 Å². The number of rotatable bonds is 3. The fourth-order valence-electron chi connectivity index (χ4n) is 2.38. The van der Waals surface area contributed by atoms with Gasteiger partial charge in [0.25, 0.3) is 0 Å². The second-order valence-corrected chi connectivity index (χ2v) is 4.43. The lowest BCUT2D eigenvalue weighted by molar-refractivity contribution is -0.137. The predicted molar refractivity (Wildman–Crippen MR) is 67.3 cm³/mol. The highest BCUT2D eigenvalue weighted by molar-refractivity contribution is 5.68. The minimum absolute atomic E-state index is 0.0152. The first kappa shape index (κ1) is 11.9. The Kier molecular flexibility index (Phi) is 3.64. The molecule has 0 aromatic heterocycles. The fourth-order valence-corrected chi connectivity index (χ4v) is 2.38. The van der Waals surface area contributed by atoms with Crippen molar-refractivity contribution in [2.24, 2.45) is 0 Å². The normalized spacial score (nSPS) is 24.6. The van der Waals surface area contributed by atoms with Crippen molar-refractivity contribution in [3.05, 3.63) is 30.3 Å². The van der Waals surface area contributed by atoms with E-state index in [4.69, 9.17) is 5.11 Å². The molecule has 92 valence electrons. The first-order valence-corrected chi connectivity index (χ1v) is 5.95. The predicted octanol–water partition coefficient (Wildman–Crippen LogP) is 1.33. The molecule has 0 radical (unpaired) electrons. The van der Waals surface area contributed by atoms with E-state index in [0.29, 0.717) is 0 Å². The van der Waals surface area contributed by atoms with Crippen LogP contribution in [0.1, 0.15) is 13.3 Å². The first-order chi connectivity index (χ1) is 8.18. The molecule has 0 bridgehead atoms. The van der Waals surface area contributed by atoms with Gasteiger partial charge in [-0.15, -0.1) is 0 Å². The standard InChI is InChI=1S/C13H18N2O2/c1-10-12(9-13(16)17)14-7-8-15(10)11-5-3-2-4-6-11/h2-6,10,12,14H,7-9H2,1H3,(H,16,17)/t10-,12+/m1/s1. The summed E-state index contributed by atoms with van der Waals surface area (Å²) in [5.74, 6) is -0.746. The van der Waals surface area contributed by atoms with Crippen molar-refractivity contribution in [2.45, 2.75) is 25.4 Å². The van der Waals surface area contributed by atoms with E-state index in [1.807, 2.05) is 18.2 Å². The Labute approximate surface area is 101 Å². The average molecular weight is 234 g/mol. The molecule has 0 amide bonds. The van der Waals surface area contributed by atoms with Gasteiger partial charge in [0, 0.05) is 30.9 Å². The van der Waals surface area contributed by atoms with Crippen molar-refractivity contribution < 1.29 is 9.90 Å². The molecule has 1 aliphatic heterocycles. The molecule has 0 unspecified atom stereocenters. The highest BCUT2D eigenvalue weighted by atomic mass is 16.4. The maximum atomic E-state index is 10.8. The van der Waals surface area contributed by atoms with Crippen LogP contribution < -0.4 is 10.2 Å². The van der Waals surface area contributed by atoms with Crippen LogP contribution in [0.5, 0.6) is 0 Å². The smallest absolute Gasteiger partial charge is 0.305 e. The van der Waals surface area contributed by atoms with Gasteiger partial charge in [-0.25, -0.2) is 0 Å². The Bertz CT molecular complexity index is 380. The summed E-state index contributed by atoms with van der Waals surface area (Å²) in [5, 5.41) is 12.2. The summed E-state index contributed by atoms with van der Waals surface area (Å²) >= 11 is 0. The number of hydrogen-bond donors (Lipinski definition) is 2. The molecule has 0 saturated carbocycles. The van der Waals surface area contributed by atoms with E-state index in [1.54, 1.807) is 0 Å². The van der Waals surface area contributed by atoms with Gasteiger partial charge in [-0.3, -0.25) is 4.79 Å². The summed E-state index contributed by atoms with van der Waals surface area (Å²) in [7, 11) is 0. The number of benzene rings is 1. The molecule has 1 saturated heterocycles. The minimum Gasteiger partial charge on any atom is -0.481 e. The summed E-state index contributed by atoms with van der Waals surface area (Å²) in [6, 6.07) is 10.4. The zero-order valence-corrected chi connectivity index (χ0v) is 9.97. The van der Waals surface area contributed by atoms with Crippen LogP contribution in [0.4, 0.5) is 5.69 Å². The number of hydrogen-bond acceptors (Lipinski definition) is 3. The lowest BCUT2D eigenvalue weighted by Crippen LogP contribution is -2.57. The Morgan fingerprint density at radius 2 is 2.18 bits per heavy atom. The number of piperazine rings is 1. The van der Waals surface area contributed by atoms with E-state index in [0.717, 1.165) is 18.8 Å². The number of para-hydroxylation sites is 1. The topological polar surface area (TPSA) is 52.6 Å². The van der Waals surface area contributed by atoms with E-state index in [1.165, 1.54) is 0 Å². The highest BCUT2D eigenvalue weighted by Crippen LogP contribution is 2.21. The monoisotopic (exact) mass is 234 g/mol. The van der Waals surface area contributed by atoms with E-state index in [2.05, 4.69) is 29.3 Å². The maximum Gasteiger partial charge on any atom is 0.305 e. The van der Waals surface area contributed by atoms with Gasteiger partial charge in [0.05, 0.1) is 6.42 Å². The molecule has 2 atom stereocenters. The van der Waals surface area contributed by atoms with Crippen LogP contribution in [0.15, 0.2) is 30.3 Å². The van der Waals surface area contributed by atoms with E-state index >= 15 is 0 Å². The molecule has 17 heavy (non-hydrogen) atoms. The molecule has 4 nitrogen and oxygen atoms in total. The second kappa shape index (κ2) is 5.19. The summed E-state index contributed by atoms with van der Waals surface area (Å²) in [4.78, 5) is 13.1. The van der Waals surface area contributed by atoms with E-state index in [-0.39, 0.29) is 18.5 Å². The molecule has 1 fully saturated rings. The van der Waals surface area contributed by atoms with Crippen LogP contribution in [-0.2, 0) is 4.79 Å². The van der Waals surface area contributed by atoms with Gasteiger partial charge in [0.1, 0.15) is 0 Å². The van der Waals surface area contributed by atoms with Crippen molar-refractivity contribution >= 4 is 11.7 Å². The first-order valence-electron chi connectivity index (χ1n) is 5.95. The molecule has 1 aromatic carbocycles. The number of carboxylic acid groups (broad SMARTS) is 1. The summed E-state index contributed by atoms with van der Waals surface area (Å²) in [6.45, 7) is 3.82. The molecule has 1 aliphatic rings. The molecule has 2 rings (SSSR count). The molecular formula is C13H18N2O2. The third-order valence-electron chi connectivity index (χ3n) is 3.32. The van der Waals surface area contributed by atoms with Gasteiger partial charge in [-0.05, 0) is 19.1 Å². The molecule has 2 N–H and O–H groups in total. The van der Waals surface area contributed by atoms with Gasteiger partial charge in [-0.1, -0.05) is 18.2 Å². The Balaban J connectivity index is 2.11. The van der Waals surface area contributed by atoms with Gasteiger partial charge in [-0.2, -0.15) is 0 Å². The highest BCUT2D eigenvalue weighted by Gasteiger charge is 2.29. The average Bonchev–Trinajstić information content (AvgIpc) is 2.32. The van der Waals surface area contributed by atoms with Gasteiger partial charge in [0.2, 0.25) is 0 Å². The lowest BCUT2D eigenvalue weighted by Gasteiger charge is -2.41. The van der Waals surface area contributed by atoms with Crippen molar-refractivity contribution in [3.63, 3.8) is 0 Å². The van der Waals surface area contributed by atoms with Gasteiger partial charge >= 0.3 is 5.97 Å². The van der Waals surface area contributed by atoms with Gasteiger partial charge in [0.15, 0.2) is 0 Å². The summed E-state index contributed by atoms with van der Waals surface area (Å²) in [5.41, 5.74) is 1.16. The molecule has 0 spiro atoms. The minimum atomic E-state index is -0.746. The van der Waals surface area contributed by atoms with Crippen LogP contribution >= 0.6 is 0 Å². The number of aliphatic carboxylic acids is 1. The number of carboxylic acids is 1. The second-order valence-electron chi connectivity index (χ2n) is 4.43. The number of carbonyl (C=O) groups is 1. The van der Waals surface area contributed by atoms with Crippen LogP contribution in [-0.4, -0.2) is 36.2 Å². The maximum absolute atomic E-state index is 10.8. The van der Waals surface area contributed by atoms with Crippen molar-refractivity contribution in [1.82, 2.24) is 5.32 Å². The third-order valence-corrected chi connectivity index (χ3v) is 3.32. The number of nitrogens with one attached hydrogen (secondary N) is 1. The van der Waals surface area contributed by atoms with Crippen LogP contribution in [0, 0.1) is 0 Å². The van der Waals surface area contributed by atoms with E-state index < -0.39 is 5.97 Å². The molecule has 1 aromatic rings. The van der Waals surface area contributed by atoms with E-state index in [9.17, 15) is 4.79 Å². The molecular weight excluding hydrogens is 216 g/mol. The van der Waals surface area contributed by atoms with Crippen molar-refractivity contribution in [2.75, 3.05) is 18.0 Å². The molecule has 0 aliphatic carbocycles. The molecule has 1 heterocycles. The largest absolute Gasteiger partial charge is 0.481 e. The summed E-state index contributed by atoms with van der Waals surface area (Å²) < 4.78 is 0. The van der Waals surface area contributed by atoms with Crippen molar-refractivity contribution in [3.8, 4) is 0 Å². The fraction of sp³-hybridized carbons (Fsp3) is 0.462. The SMILES string of the molecule is C[C@@H]1[C@H](CC(=O)O)NCCN1c1ccccc1. The molecule has 4 heteroatoms.